The largest absolute Gasteiger partial charge is 0.494 e. The number of hydrogen-bond acceptors (Lipinski definition) is 4. The van der Waals surface area contributed by atoms with Crippen molar-refractivity contribution in [1.29, 1.82) is 5.26 Å². The lowest BCUT2D eigenvalue weighted by atomic mass is 10.0. The molecule has 3 aromatic rings. The molecule has 0 unspecified atom stereocenters. The van der Waals surface area contributed by atoms with Crippen molar-refractivity contribution in [2.45, 2.75) is 32.1 Å². The minimum Gasteiger partial charge on any atom is -0.494 e. The van der Waals surface area contributed by atoms with Gasteiger partial charge in [-0.3, -0.25) is 0 Å². The van der Waals surface area contributed by atoms with Crippen LogP contribution in [-0.2, 0) is 4.74 Å². The van der Waals surface area contributed by atoms with E-state index in [1.165, 1.54) is 6.07 Å². The van der Waals surface area contributed by atoms with Crippen molar-refractivity contribution in [1.82, 2.24) is 0 Å². The third kappa shape index (κ3) is 7.82. The van der Waals surface area contributed by atoms with Crippen LogP contribution in [-0.4, -0.2) is 19.2 Å². The van der Waals surface area contributed by atoms with Crippen LogP contribution in [0.25, 0.3) is 11.1 Å². The Bertz CT molecular complexity index is 1090. The van der Waals surface area contributed by atoms with E-state index in [-0.39, 0.29) is 0 Å². The molecule has 0 fully saturated rings. The van der Waals surface area contributed by atoms with Crippen molar-refractivity contribution in [3.63, 3.8) is 0 Å². The number of rotatable bonds is 11. The van der Waals surface area contributed by atoms with Crippen molar-refractivity contribution >= 4 is 29.2 Å². The number of hydrogen-bond donors (Lipinski definition) is 0. The van der Waals surface area contributed by atoms with Crippen LogP contribution in [0.2, 0.25) is 10.0 Å². The van der Waals surface area contributed by atoms with Gasteiger partial charge in [-0.15, -0.1) is 0 Å². The lowest BCUT2D eigenvalue weighted by Crippen LogP contribution is -2.07. The minimum atomic E-state index is -0.443. The number of esters is 1. The topological polar surface area (TPSA) is 59.3 Å². The summed E-state index contributed by atoms with van der Waals surface area (Å²) in [6.07, 6.45) is 4.86. The zero-order valence-electron chi connectivity index (χ0n) is 18.2. The highest BCUT2D eigenvalue weighted by Gasteiger charge is 2.12. The fourth-order valence-electron chi connectivity index (χ4n) is 3.30. The van der Waals surface area contributed by atoms with Gasteiger partial charge in [-0.25, -0.2) is 4.79 Å². The van der Waals surface area contributed by atoms with Crippen molar-refractivity contribution in [3.05, 3.63) is 87.9 Å². The first-order chi connectivity index (χ1) is 16.1. The summed E-state index contributed by atoms with van der Waals surface area (Å²) in [6, 6.07) is 22.4. The maximum absolute atomic E-state index is 12.1. The Balaban J connectivity index is 1.26. The summed E-state index contributed by atoms with van der Waals surface area (Å²) in [5.74, 6) is 0.403. The number of ether oxygens (including phenoxy) is 2. The van der Waals surface area contributed by atoms with Gasteiger partial charge in [-0.2, -0.15) is 5.26 Å². The monoisotopic (exact) mass is 481 g/mol. The maximum Gasteiger partial charge on any atom is 0.339 e. The van der Waals surface area contributed by atoms with Crippen LogP contribution in [0, 0.1) is 11.3 Å². The molecule has 0 aliphatic heterocycles. The van der Waals surface area contributed by atoms with Gasteiger partial charge in [-0.05, 0) is 66.4 Å². The van der Waals surface area contributed by atoms with E-state index in [9.17, 15) is 4.79 Å². The van der Waals surface area contributed by atoms with Crippen LogP contribution in [0.15, 0.2) is 66.7 Å². The molecule has 0 aliphatic rings. The lowest BCUT2D eigenvalue weighted by Gasteiger charge is -2.08. The predicted molar refractivity (Wildman–Crippen MR) is 132 cm³/mol. The number of nitrogens with zero attached hydrogens (tertiary/aromatic N) is 1. The molecule has 0 spiro atoms. The van der Waals surface area contributed by atoms with Crippen LogP contribution in [0.4, 0.5) is 0 Å². The molecule has 0 N–H and O–H groups in total. The van der Waals surface area contributed by atoms with Crippen LogP contribution >= 0.6 is 23.2 Å². The zero-order valence-corrected chi connectivity index (χ0v) is 19.7. The van der Waals surface area contributed by atoms with Gasteiger partial charge >= 0.3 is 5.97 Å². The standard InChI is InChI=1S/C27H25Cl2NO3/c28-23-12-15-26(29)25(18-23)27(31)33-17-5-3-1-2-4-16-32-24-13-10-22(11-14-24)21-8-6-20(19-30)7-9-21/h6-15,18H,1-5,16-17H2. The molecule has 6 heteroatoms. The highest BCUT2D eigenvalue weighted by Crippen LogP contribution is 2.23. The summed E-state index contributed by atoms with van der Waals surface area (Å²) in [7, 11) is 0. The zero-order chi connectivity index (χ0) is 23.5. The second-order valence-electron chi connectivity index (χ2n) is 7.59. The van der Waals surface area contributed by atoms with Gasteiger partial charge in [-0.1, -0.05) is 66.7 Å². The number of carbonyl (C=O) groups is 1. The van der Waals surface area contributed by atoms with Gasteiger partial charge in [0.2, 0.25) is 0 Å². The van der Waals surface area contributed by atoms with Crippen LogP contribution in [0.1, 0.15) is 48.0 Å². The number of nitriles is 1. The Morgan fingerprint density at radius 2 is 1.39 bits per heavy atom. The van der Waals surface area contributed by atoms with E-state index in [4.69, 9.17) is 37.9 Å². The molecule has 0 saturated carbocycles. The van der Waals surface area contributed by atoms with Gasteiger partial charge in [0.15, 0.2) is 0 Å². The molecule has 0 bridgehead atoms. The van der Waals surface area contributed by atoms with E-state index >= 15 is 0 Å². The Hall–Kier alpha value is -3.00. The third-order valence-electron chi connectivity index (χ3n) is 5.14. The Kier molecular flexibility index (Phi) is 9.62. The van der Waals surface area contributed by atoms with E-state index in [0.717, 1.165) is 49.0 Å². The molecule has 0 amide bonds. The van der Waals surface area contributed by atoms with Crippen LogP contribution in [0.5, 0.6) is 5.75 Å². The summed E-state index contributed by atoms with van der Waals surface area (Å²) in [5, 5.41) is 9.69. The number of halogens is 2. The van der Waals surface area contributed by atoms with Gasteiger partial charge in [0.25, 0.3) is 0 Å². The molecule has 0 heterocycles. The second kappa shape index (κ2) is 12.9. The summed E-state index contributed by atoms with van der Waals surface area (Å²) in [5.41, 5.74) is 3.11. The van der Waals surface area contributed by atoms with E-state index < -0.39 is 5.97 Å². The average molecular weight is 482 g/mol. The van der Waals surface area contributed by atoms with E-state index in [1.54, 1.807) is 12.1 Å². The molecule has 33 heavy (non-hydrogen) atoms. The Labute approximate surface area is 204 Å². The van der Waals surface area contributed by atoms with E-state index in [0.29, 0.717) is 34.4 Å². The van der Waals surface area contributed by atoms with Crippen molar-refractivity contribution in [3.8, 4) is 22.9 Å². The first-order valence-electron chi connectivity index (χ1n) is 10.9. The maximum atomic E-state index is 12.1. The second-order valence-corrected chi connectivity index (χ2v) is 8.43. The fourth-order valence-corrected chi connectivity index (χ4v) is 3.67. The Morgan fingerprint density at radius 1 is 0.788 bits per heavy atom. The summed E-state index contributed by atoms with van der Waals surface area (Å²) >= 11 is 11.9. The van der Waals surface area contributed by atoms with E-state index in [1.807, 2.05) is 48.5 Å². The molecule has 0 aromatic heterocycles. The molecular formula is C27H25Cl2NO3. The summed E-state index contributed by atoms with van der Waals surface area (Å²) < 4.78 is 11.1. The Morgan fingerprint density at radius 3 is 2.06 bits per heavy atom. The van der Waals surface area contributed by atoms with Crippen LogP contribution in [0.3, 0.4) is 0 Å². The molecule has 0 radical (unpaired) electrons. The number of carbonyl (C=O) groups excluding carboxylic acids is 1. The quantitative estimate of drug-likeness (QED) is 0.207. The minimum absolute atomic E-state index is 0.297. The van der Waals surface area contributed by atoms with Gasteiger partial charge < -0.3 is 9.47 Å². The normalized spacial score (nSPS) is 10.5. The molecule has 0 aliphatic carbocycles. The predicted octanol–water partition coefficient (Wildman–Crippen LogP) is 7.72. The SMILES string of the molecule is N#Cc1ccc(-c2ccc(OCCCCCCCOC(=O)c3cc(Cl)ccc3Cl)cc2)cc1. The summed E-state index contributed by atoms with van der Waals surface area (Å²) in [6.45, 7) is 1.03. The van der Waals surface area contributed by atoms with Gasteiger partial charge in [0.1, 0.15) is 5.75 Å². The molecule has 0 saturated heterocycles. The highest BCUT2D eigenvalue weighted by molar-refractivity contribution is 6.35. The molecule has 0 atom stereocenters. The third-order valence-corrected chi connectivity index (χ3v) is 5.71. The molecule has 4 nitrogen and oxygen atoms in total. The highest BCUT2D eigenvalue weighted by atomic mass is 35.5. The molecule has 3 aromatic carbocycles. The van der Waals surface area contributed by atoms with Crippen LogP contribution < -0.4 is 4.74 Å². The smallest absolute Gasteiger partial charge is 0.339 e. The first-order valence-corrected chi connectivity index (χ1v) is 11.7. The molecule has 170 valence electrons. The molecule has 3 rings (SSSR count). The van der Waals surface area contributed by atoms with Crippen molar-refractivity contribution < 1.29 is 14.3 Å². The van der Waals surface area contributed by atoms with Crippen molar-refractivity contribution in [2.75, 3.05) is 13.2 Å². The molecular weight excluding hydrogens is 457 g/mol. The van der Waals surface area contributed by atoms with E-state index in [2.05, 4.69) is 6.07 Å². The first kappa shape index (κ1) is 24.6. The lowest BCUT2D eigenvalue weighted by molar-refractivity contribution is 0.0498. The fraction of sp³-hybridized carbons (Fsp3) is 0.259. The van der Waals surface area contributed by atoms with Gasteiger partial charge in [0, 0.05) is 5.02 Å². The van der Waals surface area contributed by atoms with Crippen molar-refractivity contribution in [2.24, 2.45) is 0 Å². The van der Waals surface area contributed by atoms with Gasteiger partial charge in [0.05, 0.1) is 35.4 Å². The average Bonchev–Trinajstić information content (AvgIpc) is 2.84. The number of benzene rings is 3. The summed E-state index contributed by atoms with van der Waals surface area (Å²) in [4.78, 5) is 12.1. The number of unbranched alkanes of at least 4 members (excludes halogenated alkanes) is 4.